The molecule has 0 bridgehead atoms. The molecule has 0 saturated heterocycles. The quantitative estimate of drug-likeness (QED) is 0.160. The fourth-order valence-electron chi connectivity index (χ4n) is 2.65. The summed E-state index contributed by atoms with van der Waals surface area (Å²) in [7, 11) is 0. The Kier molecular flexibility index (Phi) is 12.8. The lowest BCUT2D eigenvalue weighted by Gasteiger charge is -2.28. The average Bonchev–Trinajstić information content (AvgIpc) is 2.67. The second kappa shape index (κ2) is 13.9. The van der Waals surface area contributed by atoms with Crippen LogP contribution in [-0.2, 0) is 19.2 Å². The van der Waals surface area contributed by atoms with Crippen molar-refractivity contribution in [3.8, 4) is 0 Å². The van der Waals surface area contributed by atoms with Crippen molar-refractivity contribution >= 4 is 23.7 Å². The van der Waals surface area contributed by atoms with Gasteiger partial charge in [0.15, 0.2) is 6.04 Å². The van der Waals surface area contributed by atoms with E-state index < -0.39 is 54.0 Å². The van der Waals surface area contributed by atoms with E-state index >= 15 is 0 Å². The monoisotopic (exact) mass is 431 g/mol. The predicted octanol–water partition coefficient (Wildman–Crippen LogP) is -1.57. The minimum absolute atomic E-state index is 0.218. The van der Waals surface area contributed by atoms with Gasteiger partial charge in [0.05, 0.1) is 12.1 Å². The highest BCUT2D eigenvalue weighted by Gasteiger charge is 2.32. The summed E-state index contributed by atoms with van der Waals surface area (Å²) >= 11 is 0. The van der Waals surface area contributed by atoms with Crippen LogP contribution in [0, 0.1) is 5.92 Å². The molecule has 0 rings (SSSR count). The number of aliphatic carboxylic acids is 1. The number of hydrogen-bond donors (Lipinski definition) is 7. The summed E-state index contributed by atoms with van der Waals surface area (Å²) in [5.41, 5.74) is 11.1. The molecule has 0 aromatic heterocycles. The Morgan fingerprint density at radius 2 is 1.47 bits per heavy atom. The SMILES string of the molecule is CCC(C)C(NC(=O)C(C)N)C(=O)NC(CCCCN)C(=O)NC(C(=O)O)C(C)O. The first-order valence-corrected chi connectivity index (χ1v) is 10.2. The first kappa shape index (κ1) is 27.8. The summed E-state index contributed by atoms with van der Waals surface area (Å²) in [4.78, 5) is 48.8. The van der Waals surface area contributed by atoms with Crippen LogP contribution in [0.2, 0.25) is 0 Å². The molecular formula is C19H37N5O6. The van der Waals surface area contributed by atoms with Crippen LogP contribution in [0.1, 0.15) is 53.4 Å². The number of hydrogen-bond acceptors (Lipinski definition) is 7. The van der Waals surface area contributed by atoms with Gasteiger partial charge >= 0.3 is 5.97 Å². The normalized spacial score (nSPS) is 17.0. The minimum Gasteiger partial charge on any atom is -0.480 e. The molecular weight excluding hydrogens is 394 g/mol. The van der Waals surface area contributed by atoms with Crippen LogP contribution in [0.25, 0.3) is 0 Å². The first-order chi connectivity index (χ1) is 14.0. The number of carbonyl (C=O) groups excluding carboxylic acids is 3. The molecule has 6 unspecified atom stereocenters. The number of carboxylic acids is 1. The molecule has 0 heterocycles. The number of aliphatic hydroxyl groups is 1. The van der Waals surface area contributed by atoms with Gasteiger partial charge < -0.3 is 37.6 Å². The summed E-state index contributed by atoms with van der Waals surface area (Å²) < 4.78 is 0. The Balaban J connectivity index is 5.47. The molecule has 174 valence electrons. The predicted molar refractivity (Wildman–Crippen MR) is 111 cm³/mol. The van der Waals surface area contributed by atoms with E-state index in [1.165, 1.54) is 13.8 Å². The van der Waals surface area contributed by atoms with Gasteiger partial charge in [-0.3, -0.25) is 14.4 Å². The summed E-state index contributed by atoms with van der Waals surface area (Å²) in [5, 5.41) is 26.2. The maximum Gasteiger partial charge on any atom is 0.328 e. The molecule has 30 heavy (non-hydrogen) atoms. The summed E-state index contributed by atoms with van der Waals surface area (Å²) in [6.45, 7) is 6.76. The van der Waals surface area contributed by atoms with E-state index in [2.05, 4.69) is 16.0 Å². The molecule has 0 aliphatic rings. The Labute approximate surface area is 177 Å². The third-order valence-electron chi connectivity index (χ3n) is 4.83. The second-order valence-electron chi connectivity index (χ2n) is 7.57. The van der Waals surface area contributed by atoms with E-state index in [0.29, 0.717) is 25.8 Å². The molecule has 11 nitrogen and oxygen atoms in total. The zero-order valence-electron chi connectivity index (χ0n) is 18.2. The fraction of sp³-hybridized carbons (Fsp3) is 0.789. The number of nitrogens with one attached hydrogen (secondary N) is 3. The zero-order chi connectivity index (χ0) is 23.4. The van der Waals surface area contributed by atoms with Gasteiger partial charge in [0.2, 0.25) is 17.7 Å². The van der Waals surface area contributed by atoms with Crippen LogP contribution < -0.4 is 27.4 Å². The number of aliphatic hydroxyl groups excluding tert-OH is 1. The Hall–Kier alpha value is -2.24. The molecule has 6 atom stereocenters. The van der Waals surface area contributed by atoms with Crippen molar-refractivity contribution in [2.24, 2.45) is 17.4 Å². The number of rotatable bonds is 14. The number of carboxylic acid groups (broad SMARTS) is 1. The molecule has 3 amide bonds. The summed E-state index contributed by atoms with van der Waals surface area (Å²) in [6, 6.07) is -4.29. The Bertz CT molecular complexity index is 584. The largest absolute Gasteiger partial charge is 0.480 e. The van der Waals surface area contributed by atoms with Crippen LogP contribution in [0.4, 0.5) is 0 Å². The van der Waals surface area contributed by atoms with E-state index in [1.807, 2.05) is 6.92 Å². The van der Waals surface area contributed by atoms with Crippen molar-refractivity contribution in [2.75, 3.05) is 6.54 Å². The zero-order valence-corrected chi connectivity index (χ0v) is 18.2. The van der Waals surface area contributed by atoms with Gasteiger partial charge in [-0.25, -0.2) is 4.79 Å². The number of unbranched alkanes of at least 4 members (excludes halogenated alkanes) is 1. The minimum atomic E-state index is -1.52. The second-order valence-corrected chi connectivity index (χ2v) is 7.57. The molecule has 0 fully saturated rings. The van der Waals surface area contributed by atoms with Gasteiger partial charge in [0, 0.05) is 0 Å². The Morgan fingerprint density at radius 1 is 0.900 bits per heavy atom. The lowest BCUT2D eigenvalue weighted by molar-refractivity contribution is -0.145. The molecule has 0 saturated carbocycles. The third-order valence-corrected chi connectivity index (χ3v) is 4.83. The van der Waals surface area contributed by atoms with Crippen LogP contribution >= 0.6 is 0 Å². The van der Waals surface area contributed by atoms with Gasteiger partial charge in [0.25, 0.3) is 0 Å². The molecule has 0 aromatic rings. The topological polar surface area (TPSA) is 197 Å². The molecule has 0 aliphatic heterocycles. The van der Waals surface area contributed by atoms with Gasteiger partial charge in [-0.1, -0.05) is 20.3 Å². The molecule has 0 radical (unpaired) electrons. The molecule has 0 aliphatic carbocycles. The maximum absolute atomic E-state index is 12.9. The van der Waals surface area contributed by atoms with Crippen molar-refractivity contribution in [1.82, 2.24) is 16.0 Å². The van der Waals surface area contributed by atoms with Crippen molar-refractivity contribution in [3.63, 3.8) is 0 Å². The summed E-state index contributed by atoms with van der Waals surface area (Å²) in [6.07, 6.45) is 0.598. The van der Waals surface area contributed by atoms with Crippen molar-refractivity contribution in [2.45, 2.75) is 83.6 Å². The molecule has 0 spiro atoms. The van der Waals surface area contributed by atoms with Gasteiger partial charge in [-0.15, -0.1) is 0 Å². The molecule has 11 heteroatoms. The maximum atomic E-state index is 12.9. The van der Waals surface area contributed by atoms with Crippen LogP contribution in [0.5, 0.6) is 0 Å². The third kappa shape index (κ3) is 9.51. The highest BCUT2D eigenvalue weighted by Crippen LogP contribution is 2.10. The number of amides is 3. The van der Waals surface area contributed by atoms with E-state index in [4.69, 9.17) is 11.5 Å². The van der Waals surface area contributed by atoms with Crippen LogP contribution in [0.3, 0.4) is 0 Å². The number of carbonyl (C=O) groups is 4. The highest BCUT2D eigenvalue weighted by molar-refractivity contribution is 5.94. The molecule has 9 N–H and O–H groups in total. The average molecular weight is 432 g/mol. The van der Waals surface area contributed by atoms with E-state index in [1.54, 1.807) is 6.92 Å². The number of nitrogens with two attached hydrogens (primary N) is 2. The van der Waals surface area contributed by atoms with Gasteiger partial charge in [0.1, 0.15) is 12.1 Å². The van der Waals surface area contributed by atoms with Crippen LogP contribution in [-0.4, -0.2) is 70.7 Å². The highest BCUT2D eigenvalue weighted by atomic mass is 16.4. The lowest BCUT2D eigenvalue weighted by atomic mass is 9.97. The standard InChI is InChI=1S/C19H37N5O6/c1-5-10(2)14(23-16(26)11(3)21)18(28)22-13(8-6-7-9-20)17(27)24-15(12(4)25)19(29)30/h10-15,25H,5-9,20-21H2,1-4H3,(H,22,28)(H,23,26)(H,24,27)(H,29,30). The van der Waals surface area contributed by atoms with Crippen molar-refractivity contribution in [1.29, 1.82) is 0 Å². The van der Waals surface area contributed by atoms with E-state index in [0.717, 1.165) is 0 Å². The van der Waals surface area contributed by atoms with E-state index in [-0.39, 0.29) is 12.3 Å². The van der Waals surface area contributed by atoms with Crippen molar-refractivity contribution < 1.29 is 29.4 Å². The van der Waals surface area contributed by atoms with E-state index in [9.17, 15) is 29.4 Å². The fourth-order valence-corrected chi connectivity index (χ4v) is 2.65. The van der Waals surface area contributed by atoms with Gasteiger partial charge in [-0.2, -0.15) is 0 Å². The first-order valence-electron chi connectivity index (χ1n) is 10.2. The molecule has 0 aromatic carbocycles. The van der Waals surface area contributed by atoms with Crippen molar-refractivity contribution in [3.05, 3.63) is 0 Å². The van der Waals surface area contributed by atoms with Gasteiger partial charge in [-0.05, 0) is 45.6 Å². The lowest BCUT2D eigenvalue weighted by Crippen LogP contribution is -2.59. The Morgan fingerprint density at radius 3 is 1.90 bits per heavy atom. The smallest absolute Gasteiger partial charge is 0.328 e. The summed E-state index contributed by atoms with van der Waals surface area (Å²) in [5.74, 6) is -3.44. The van der Waals surface area contributed by atoms with Crippen LogP contribution in [0.15, 0.2) is 0 Å².